The van der Waals surface area contributed by atoms with E-state index in [1.165, 1.54) is 12.0 Å². The maximum atomic E-state index is 14.7. The first-order chi connectivity index (χ1) is 25.0. The SMILES string of the molecule is COc1nnc(O[C@@H]2C[C@H]3C(=O)N[C@]4(C(=O)NS(=O)(=O)C5CC5)C[C@H]4/C=C\CC[C@H](C)C[C@@H](C)[C@H](NC(=O)OC(C)(C)C)C(=O)N3C2)c2ccccc12. The van der Waals surface area contributed by atoms with E-state index < -0.39 is 74.3 Å². The van der Waals surface area contributed by atoms with Crippen LogP contribution in [0.5, 0.6) is 11.8 Å². The van der Waals surface area contributed by atoms with Crippen LogP contribution in [-0.2, 0) is 29.1 Å². The van der Waals surface area contributed by atoms with Gasteiger partial charge in [-0.1, -0.05) is 38.1 Å². The number of alkyl carbamates (subject to hydrolysis) is 1. The number of nitrogens with one attached hydrogen (secondary N) is 3. The van der Waals surface area contributed by atoms with E-state index in [0.29, 0.717) is 42.3 Å². The van der Waals surface area contributed by atoms with E-state index in [0.717, 1.165) is 6.42 Å². The third kappa shape index (κ3) is 8.52. The summed E-state index contributed by atoms with van der Waals surface area (Å²) in [5.41, 5.74) is -2.34. The molecule has 1 aromatic carbocycles. The van der Waals surface area contributed by atoms with Crippen molar-refractivity contribution in [3.63, 3.8) is 0 Å². The summed E-state index contributed by atoms with van der Waals surface area (Å²) in [6.45, 7) is 9.09. The molecule has 16 heteroatoms. The standard InChI is InChI=1S/C37H50N6O9S/c1-21-11-7-8-12-23-19-37(23,34(46)42-53(48,49)25-15-16-25)39-30(44)28-18-24(51-32-27-14-10-9-13-26(27)31(50-6)40-41-32)20-43(28)33(45)29(22(2)17-21)38-35(47)52-36(3,4)5/h8-10,12-14,21-25,28-29H,7,11,15-20H2,1-6H3,(H,38,47)(H,39,44)(H,42,46)/b12-8-/t21-,22+,23+,24+,28-,29-,37+/m0/s1. The van der Waals surface area contributed by atoms with Gasteiger partial charge in [0.2, 0.25) is 33.6 Å². The number of methoxy groups -OCH3 is 1. The number of ether oxygens (including phenoxy) is 3. The lowest BCUT2D eigenvalue weighted by atomic mass is 9.88. The molecule has 2 aromatic rings. The number of carbonyl (C=O) groups excluding carboxylic acids is 4. The second kappa shape index (κ2) is 14.7. The lowest BCUT2D eigenvalue weighted by Gasteiger charge is -2.33. The van der Waals surface area contributed by atoms with Gasteiger partial charge in [-0.2, -0.15) is 0 Å². The number of hydrogen-bond acceptors (Lipinski definition) is 11. The zero-order valence-electron chi connectivity index (χ0n) is 31.1. The third-order valence-electron chi connectivity index (χ3n) is 10.4. The molecule has 288 valence electrons. The Balaban J connectivity index is 1.35. The fourth-order valence-electron chi connectivity index (χ4n) is 7.38. The maximum Gasteiger partial charge on any atom is 0.408 e. The molecule has 0 unspecified atom stereocenters. The number of carbonyl (C=O) groups is 4. The third-order valence-corrected chi connectivity index (χ3v) is 12.2. The van der Waals surface area contributed by atoms with Gasteiger partial charge < -0.3 is 29.7 Å². The Kier molecular flexibility index (Phi) is 10.6. The van der Waals surface area contributed by atoms with Crippen LogP contribution >= 0.6 is 0 Å². The van der Waals surface area contributed by atoms with Crippen molar-refractivity contribution in [3.05, 3.63) is 36.4 Å². The molecule has 2 aliphatic heterocycles. The van der Waals surface area contributed by atoms with Crippen molar-refractivity contribution in [3.8, 4) is 11.8 Å². The van der Waals surface area contributed by atoms with Gasteiger partial charge in [-0.3, -0.25) is 19.1 Å². The van der Waals surface area contributed by atoms with E-state index in [4.69, 9.17) is 14.2 Å². The van der Waals surface area contributed by atoms with E-state index in [9.17, 15) is 27.6 Å². The van der Waals surface area contributed by atoms with Crippen LogP contribution in [0.15, 0.2) is 36.4 Å². The first-order valence-electron chi connectivity index (χ1n) is 18.3. The van der Waals surface area contributed by atoms with Crippen LogP contribution in [-0.4, -0.2) is 95.6 Å². The summed E-state index contributed by atoms with van der Waals surface area (Å²) < 4.78 is 45.2. The van der Waals surface area contributed by atoms with Crippen LogP contribution in [0.25, 0.3) is 10.8 Å². The van der Waals surface area contributed by atoms with Crippen molar-refractivity contribution in [1.29, 1.82) is 0 Å². The van der Waals surface area contributed by atoms with Crippen LogP contribution in [0.2, 0.25) is 0 Å². The highest BCUT2D eigenvalue weighted by Crippen LogP contribution is 2.46. The minimum atomic E-state index is -3.90. The predicted octanol–water partition coefficient (Wildman–Crippen LogP) is 3.38. The number of amides is 4. The monoisotopic (exact) mass is 754 g/mol. The molecule has 53 heavy (non-hydrogen) atoms. The maximum absolute atomic E-state index is 14.7. The highest BCUT2D eigenvalue weighted by Gasteiger charge is 2.62. The van der Waals surface area contributed by atoms with Crippen LogP contribution < -0.4 is 24.8 Å². The zero-order chi connectivity index (χ0) is 38.3. The van der Waals surface area contributed by atoms with Gasteiger partial charge in [0.1, 0.15) is 29.3 Å². The average Bonchev–Trinajstić information content (AvgIpc) is 4.01. The Morgan fingerprint density at radius 3 is 2.36 bits per heavy atom. The summed E-state index contributed by atoms with van der Waals surface area (Å²) in [7, 11) is -2.41. The van der Waals surface area contributed by atoms with Crippen molar-refractivity contribution >= 4 is 44.6 Å². The van der Waals surface area contributed by atoms with Gasteiger partial charge in [0.15, 0.2) is 0 Å². The molecule has 4 aliphatic rings. The Labute approximate surface area is 310 Å². The molecular formula is C37H50N6O9S. The molecular weight excluding hydrogens is 705 g/mol. The van der Waals surface area contributed by atoms with Gasteiger partial charge in [0.05, 0.1) is 29.7 Å². The molecule has 3 N–H and O–H groups in total. The van der Waals surface area contributed by atoms with Crippen LogP contribution in [0.3, 0.4) is 0 Å². The van der Waals surface area contributed by atoms with Crippen molar-refractivity contribution in [2.24, 2.45) is 17.8 Å². The van der Waals surface area contributed by atoms with Crippen molar-refractivity contribution in [2.45, 2.75) is 114 Å². The number of hydrogen-bond donors (Lipinski definition) is 3. The van der Waals surface area contributed by atoms with Gasteiger partial charge in [-0.05, 0) is 83.3 Å². The number of allylic oxidation sites excluding steroid dienone is 1. The molecule has 2 aliphatic carbocycles. The Morgan fingerprint density at radius 2 is 1.70 bits per heavy atom. The van der Waals surface area contributed by atoms with E-state index in [-0.39, 0.29) is 37.1 Å². The fraction of sp³-hybridized carbons (Fsp3) is 0.622. The average molecular weight is 755 g/mol. The van der Waals surface area contributed by atoms with Crippen molar-refractivity contribution in [2.75, 3.05) is 13.7 Å². The summed E-state index contributed by atoms with van der Waals surface area (Å²) in [4.78, 5) is 57.4. The van der Waals surface area contributed by atoms with Crippen LogP contribution in [0.4, 0.5) is 4.79 Å². The molecule has 1 aromatic heterocycles. The highest BCUT2D eigenvalue weighted by atomic mass is 32.2. The Hall–Kier alpha value is -4.47. The first kappa shape index (κ1) is 38.3. The Morgan fingerprint density at radius 1 is 1.02 bits per heavy atom. The van der Waals surface area contributed by atoms with Gasteiger partial charge in [-0.25, -0.2) is 13.2 Å². The second-order valence-corrected chi connectivity index (χ2v) is 17.9. The number of fused-ring (bicyclic) bond motifs is 3. The van der Waals surface area contributed by atoms with Crippen LogP contribution in [0, 0.1) is 17.8 Å². The predicted molar refractivity (Wildman–Crippen MR) is 194 cm³/mol. The van der Waals surface area contributed by atoms with Crippen molar-refractivity contribution < 1.29 is 41.8 Å². The molecule has 1 saturated heterocycles. The number of aromatic nitrogens is 2. The molecule has 3 heterocycles. The summed E-state index contributed by atoms with van der Waals surface area (Å²) in [5.74, 6) is -2.11. The van der Waals surface area contributed by atoms with Gasteiger partial charge >= 0.3 is 6.09 Å². The van der Waals surface area contributed by atoms with E-state index in [1.807, 2.05) is 37.3 Å². The van der Waals surface area contributed by atoms with Gasteiger partial charge in [0, 0.05) is 12.3 Å². The van der Waals surface area contributed by atoms with Gasteiger partial charge in [-0.15, -0.1) is 10.2 Å². The first-order valence-corrected chi connectivity index (χ1v) is 19.9. The quantitative estimate of drug-likeness (QED) is 0.351. The molecule has 15 nitrogen and oxygen atoms in total. The highest BCUT2D eigenvalue weighted by molar-refractivity contribution is 7.91. The summed E-state index contributed by atoms with van der Waals surface area (Å²) >= 11 is 0. The smallest absolute Gasteiger partial charge is 0.408 e. The minimum absolute atomic E-state index is 0.0160. The molecule has 6 rings (SSSR count). The molecule has 4 amide bonds. The van der Waals surface area contributed by atoms with Crippen LogP contribution in [0.1, 0.15) is 79.6 Å². The second-order valence-electron chi connectivity index (χ2n) is 15.9. The number of nitrogens with zero attached hydrogens (tertiary/aromatic N) is 3. The molecule has 0 radical (unpaired) electrons. The van der Waals surface area contributed by atoms with Crippen molar-refractivity contribution in [1.82, 2.24) is 30.5 Å². The molecule has 0 bridgehead atoms. The zero-order valence-corrected chi connectivity index (χ0v) is 31.9. The van der Waals surface area contributed by atoms with Gasteiger partial charge in [0.25, 0.3) is 5.91 Å². The van der Waals surface area contributed by atoms with E-state index in [1.54, 1.807) is 26.8 Å². The summed E-state index contributed by atoms with van der Waals surface area (Å²) in [5, 5.41) is 14.7. The minimum Gasteiger partial charge on any atom is -0.479 e. The largest absolute Gasteiger partial charge is 0.479 e. The van der Waals surface area contributed by atoms with E-state index in [2.05, 4.69) is 32.5 Å². The number of sulfonamides is 1. The molecule has 3 fully saturated rings. The Bertz CT molecular complexity index is 1890. The fourth-order valence-corrected chi connectivity index (χ4v) is 8.75. The summed E-state index contributed by atoms with van der Waals surface area (Å²) in [6, 6.07) is 5.06. The molecule has 0 spiro atoms. The lowest BCUT2D eigenvalue weighted by Crippen LogP contribution is -2.59. The molecule has 2 saturated carbocycles. The number of benzene rings is 1. The topological polar surface area (TPSA) is 195 Å². The summed E-state index contributed by atoms with van der Waals surface area (Å²) in [6.07, 6.45) is 5.48. The number of rotatable bonds is 7. The normalized spacial score (nSPS) is 30.1. The lowest BCUT2D eigenvalue weighted by molar-refractivity contribution is -0.142. The molecule has 7 atom stereocenters. The van der Waals surface area contributed by atoms with E-state index >= 15 is 0 Å².